The van der Waals surface area contributed by atoms with Gasteiger partial charge < -0.3 is 9.59 Å². The van der Waals surface area contributed by atoms with Crippen LogP contribution in [0.15, 0.2) is 66.7 Å². The van der Waals surface area contributed by atoms with Crippen LogP contribution in [0.2, 0.25) is 0 Å². The lowest BCUT2D eigenvalue weighted by Crippen LogP contribution is -2.51. The molecule has 1 fully saturated rings. The van der Waals surface area contributed by atoms with E-state index in [-0.39, 0.29) is 12.6 Å². The Kier molecular flexibility index (Phi) is 5.36. The molecular formula is C24H25F3NO+. The molecule has 1 aliphatic heterocycles. The standard InChI is InChI=1S/C24H25F3NO/c25-24(26,27)22-11-8-18(9-12-22)15-28(13-3-6-23(28)17-29)16-19-7-10-20-4-1-2-5-21(20)14-19/h1-2,4-5,7-12,14,23,29H,3,6,13,15-17H2/q+1/t23-,28?/m0/s1. The van der Waals surface area contributed by atoms with E-state index < -0.39 is 11.7 Å². The molecule has 29 heavy (non-hydrogen) atoms. The number of aliphatic hydroxyl groups excluding tert-OH is 1. The molecule has 1 heterocycles. The van der Waals surface area contributed by atoms with Crippen LogP contribution in [0.25, 0.3) is 10.8 Å². The van der Waals surface area contributed by atoms with Crippen LogP contribution in [0.3, 0.4) is 0 Å². The molecule has 0 saturated carbocycles. The maximum Gasteiger partial charge on any atom is 0.416 e. The number of nitrogens with zero attached hydrogens (tertiary/aromatic N) is 1. The number of halogens is 3. The van der Waals surface area contributed by atoms with Crippen LogP contribution >= 0.6 is 0 Å². The van der Waals surface area contributed by atoms with E-state index in [1.54, 1.807) is 12.1 Å². The molecule has 0 radical (unpaired) electrons. The van der Waals surface area contributed by atoms with Crippen LogP contribution in [0.5, 0.6) is 0 Å². The van der Waals surface area contributed by atoms with Gasteiger partial charge in [-0.3, -0.25) is 0 Å². The predicted octanol–water partition coefficient (Wildman–Crippen LogP) is 5.53. The van der Waals surface area contributed by atoms with Gasteiger partial charge in [0.15, 0.2) is 0 Å². The first-order valence-corrected chi connectivity index (χ1v) is 10.0. The fraction of sp³-hybridized carbons (Fsp3) is 0.333. The predicted molar refractivity (Wildman–Crippen MR) is 108 cm³/mol. The lowest BCUT2D eigenvalue weighted by molar-refractivity contribution is -0.964. The van der Waals surface area contributed by atoms with Gasteiger partial charge in [0, 0.05) is 24.0 Å². The minimum atomic E-state index is -4.32. The van der Waals surface area contributed by atoms with Crippen molar-refractivity contribution in [2.24, 2.45) is 0 Å². The third kappa shape index (κ3) is 4.16. The molecule has 0 amide bonds. The van der Waals surface area contributed by atoms with E-state index in [9.17, 15) is 18.3 Å². The molecule has 0 spiro atoms. The van der Waals surface area contributed by atoms with Gasteiger partial charge in [-0.25, -0.2) is 0 Å². The third-order valence-electron chi connectivity index (χ3n) is 6.22. The average Bonchev–Trinajstić information content (AvgIpc) is 3.09. The third-order valence-corrected chi connectivity index (χ3v) is 6.22. The summed E-state index contributed by atoms with van der Waals surface area (Å²) in [5, 5.41) is 12.4. The highest BCUT2D eigenvalue weighted by Gasteiger charge is 2.41. The van der Waals surface area contributed by atoms with E-state index >= 15 is 0 Å². The topological polar surface area (TPSA) is 20.2 Å². The Hall–Kier alpha value is -2.37. The second-order valence-electron chi connectivity index (χ2n) is 8.11. The molecule has 4 rings (SSSR count). The molecule has 0 aliphatic carbocycles. The highest BCUT2D eigenvalue weighted by Crippen LogP contribution is 2.34. The molecule has 1 N–H and O–H groups in total. The van der Waals surface area contributed by atoms with Gasteiger partial charge in [-0.15, -0.1) is 0 Å². The first-order chi connectivity index (χ1) is 13.9. The van der Waals surface area contributed by atoms with Gasteiger partial charge in [0.1, 0.15) is 19.1 Å². The van der Waals surface area contributed by atoms with E-state index in [0.29, 0.717) is 11.0 Å². The largest absolute Gasteiger partial charge is 0.416 e. The highest BCUT2D eigenvalue weighted by molar-refractivity contribution is 5.82. The Bertz CT molecular complexity index is 983. The zero-order valence-corrected chi connectivity index (χ0v) is 16.2. The molecule has 1 aliphatic rings. The van der Waals surface area contributed by atoms with Gasteiger partial charge in [-0.2, -0.15) is 13.2 Å². The molecule has 2 atom stereocenters. The van der Waals surface area contributed by atoms with Crippen molar-refractivity contribution in [2.45, 2.75) is 38.1 Å². The number of benzene rings is 3. The quantitative estimate of drug-likeness (QED) is 0.559. The number of likely N-dealkylation sites (tertiary alicyclic amines) is 1. The minimum absolute atomic E-state index is 0.0915. The van der Waals surface area contributed by atoms with Crippen LogP contribution in [-0.2, 0) is 19.3 Å². The van der Waals surface area contributed by atoms with Crippen molar-refractivity contribution in [3.8, 4) is 0 Å². The Balaban J connectivity index is 1.63. The SMILES string of the molecule is OC[C@@H]1CCC[N+]1(Cc1ccc(C(F)(F)F)cc1)Cc1ccc2ccccc2c1. The Labute approximate surface area is 168 Å². The second-order valence-corrected chi connectivity index (χ2v) is 8.11. The van der Waals surface area contributed by atoms with Gasteiger partial charge in [0.2, 0.25) is 0 Å². The van der Waals surface area contributed by atoms with E-state index in [0.717, 1.165) is 43.6 Å². The summed E-state index contributed by atoms with van der Waals surface area (Å²) in [4.78, 5) is 0. The Morgan fingerprint density at radius 2 is 1.52 bits per heavy atom. The molecular weight excluding hydrogens is 375 g/mol. The van der Waals surface area contributed by atoms with Crippen LogP contribution in [0.4, 0.5) is 13.2 Å². The molecule has 0 aromatic heterocycles. The molecule has 5 heteroatoms. The Morgan fingerprint density at radius 1 is 0.862 bits per heavy atom. The summed E-state index contributed by atoms with van der Waals surface area (Å²) in [5.74, 6) is 0. The number of alkyl halides is 3. The number of hydrogen-bond acceptors (Lipinski definition) is 1. The summed E-state index contributed by atoms with van der Waals surface area (Å²) in [7, 11) is 0. The second kappa shape index (κ2) is 7.81. The summed E-state index contributed by atoms with van der Waals surface area (Å²) in [6, 6.07) is 20.2. The lowest BCUT2D eigenvalue weighted by Gasteiger charge is -2.40. The summed E-state index contributed by atoms with van der Waals surface area (Å²) >= 11 is 0. The zero-order valence-electron chi connectivity index (χ0n) is 16.2. The van der Waals surface area contributed by atoms with E-state index in [1.807, 2.05) is 12.1 Å². The summed E-state index contributed by atoms with van der Waals surface area (Å²) in [6.07, 6.45) is -2.37. The van der Waals surface area contributed by atoms with Gasteiger partial charge in [0.05, 0.1) is 18.7 Å². The van der Waals surface area contributed by atoms with Crippen LogP contribution < -0.4 is 0 Å². The summed E-state index contributed by atoms with van der Waals surface area (Å²) < 4.78 is 39.4. The average molecular weight is 400 g/mol. The monoisotopic (exact) mass is 400 g/mol. The van der Waals surface area contributed by atoms with Crippen molar-refractivity contribution in [2.75, 3.05) is 13.2 Å². The van der Waals surface area contributed by atoms with Gasteiger partial charge >= 0.3 is 6.18 Å². The fourth-order valence-corrected chi connectivity index (χ4v) is 4.70. The number of fused-ring (bicyclic) bond motifs is 1. The molecule has 2 nitrogen and oxygen atoms in total. The van der Waals surface area contributed by atoms with Gasteiger partial charge in [-0.1, -0.05) is 48.5 Å². The maximum atomic E-state index is 12.9. The molecule has 152 valence electrons. The van der Waals surface area contributed by atoms with Crippen LogP contribution in [0, 0.1) is 0 Å². The first-order valence-electron chi connectivity index (χ1n) is 10.0. The maximum absolute atomic E-state index is 12.9. The van der Waals surface area contributed by atoms with Crippen LogP contribution in [0.1, 0.15) is 29.5 Å². The van der Waals surface area contributed by atoms with Crippen molar-refractivity contribution in [3.63, 3.8) is 0 Å². The fourth-order valence-electron chi connectivity index (χ4n) is 4.70. The normalized spacial score (nSPS) is 22.3. The summed E-state index contributed by atoms with van der Waals surface area (Å²) in [6.45, 7) is 2.39. The Morgan fingerprint density at radius 3 is 2.21 bits per heavy atom. The van der Waals surface area contributed by atoms with Crippen molar-refractivity contribution < 1.29 is 22.8 Å². The number of aliphatic hydroxyl groups is 1. The number of quaternary nitrogens is 1. The molecule has 1 saturated heterocycles. The zero-order chi connectivity index (χ0) is 20.5. The van der Waals surface area contributed by atoms with Crippen molar-refractivity contribution in [1.82, 2.24) is 0 Å². The lowest BCUT2D eigenvalue weighted by atomic mass is 10.0. The van der Waals surface area contributed by atoms with Gasteiger partial charge in [0.25, 0.3) is 0 Å². The number of hydrogen-bond donors (Lipinski definition) is 1. The van der Waals surface area contributed by atoms with E-state index in [1.165, 1.54) is 16.3 Å². The van der Waals surface area contributed by atoms with Gasteiger partial charge in [-0.05, 0) is 29.0 Å². The smallest absolute Gasteiger partial charge is 0.390 e. The van der Waals surface area contributed by atoms with Crippen molar-refractivity contribution in [3.05, 3.63) is 83.4 Å². The van der Waals surface area contributed by atoms with Crippen molar-refractivity contribution >= 4 is 10.8 Å². The molecule has 1 unspecified atom stereocenters. The van der Waals surface area contributed by atoms with E-state index in [4.69, 9.17) is 0 Å². The molecule has 3 aromatic rings. The summed E-state index contributed by atoms with van der Waals surface area (Å²) in [5.41, 5.74) is 1.44. The highest BCUT2D eigenvalue weighted by atomic mass is 19.4. The minimum Gasteiger partial charge on any atom is -0.390 e. The first kappa shape index (κ1) is 19.9. The van der Waals surface area contributed by atoms with Crippen molar-refractivity contribution in [1.29, 1.82) is 0 Å². The number of rotatable bonds is 5. The van der Waals surface area contributed by atoms with E-state index in [2.05, 4.69) is 30.3 Å². The molecule has 3 aromatic carbocycles. The van der Waals surface area contributed by atoms with Crippen LogP contribution in [-0.4, -0.2) is 28.8 Å². The molecule has 0 bridgehead atoms.